The second-order valence-corrected chi connectivity index (χ2v) is 11.0. The van der Waals surface area contributed by atoms with Crippen LogP contribution in [0.5, 0.6) is 16.7 Å². The average molecular weight is 619 g/mol. The molecular formula is C33H26N6O5S. The lowest BCUT2D eigenvalue weighted by Crippen LogP contribution is -2.15. The minimum atomic E-state index is -0.293. The SMILES string of the molecule is COc1cc(OCc2cccc(NC(=O)c3cnc(-c4ccccc4)nc3C)c2)c2cc(-c3cn4nc(OC)sc4n3)oc2c1. The van der Waals surface area contributed by atoms with Gasteiger partial charge in [-0.3, -0.25) is 4.79 Å². The number of carbonyl (C=O) groups excluding carboxylic acids is 1. The number of aromatic nitrogens is 5. The summed E-state index contributed by atoms with van der Waals surface area (Å²) in [7, 11) is 3.16. The minimum absolute atomic E-state index is 0.240. The van der Waals surface area contributed by atoms with Gasteiger partial charge in [-0.15, -0.1) is 5.10 Å². The van der Waals surface area contributed by atoms with E-state index in [1.165, 1.54) is 11.3 Å². The summed E-state index contributed by atoms with van der Waals surface area (Å²) in [4.78, 5) is 27.4. The quantitative estimate of drug-likeness (QED) is 0.185. The molecule has 11 nitrogen and oxygen atoms in total. The molecule has 0 radical (unpaired) electrons. The highest BCUT2D eigenvalue weighted by atomic mass is 32.1. The fraction of sp³-hybridized carbons (Fsp3) is 0.121. The summed E-state index contributed by atoms with van der Waals surface area (Å²) in [5, 5.41) is 8.58. The maximum Gasteiger partial charge on any atom is 0.294 e. The van der Waals surface area contributed by atoms with Gasteiger partial charge < -0.3 is 23.9 Å². The number of hydrogen-bond acceptors (Lipinski definition) is 10. The van der Waals surface area contributed by atoms with Crippen LogP contribution in [-0.4, -0.2) is 44.7 Å². The number of nitrogens with zero attached hydrogens (tertiary/aromatic N) is 5. The predicted octanol–water partition coefficient (Wildman–Crippen LogP) is 6.82. The molecular weight excluding hydrogens is 592 g/mol. The van der Waals surface area contributed by atoms with Crippen LogP contribution in [0.3, 0.4) is 0 Å². The molecule has 0 saturated heterocycles. The number of carbonyl (C=O) groups is 1. The van der Waals surface area contributed by atoms with Gasteiger partial charge in [0.05, 0.1) is 37.1 Å². The molecule has 0 atom stereocenters. The van der Waals surface area contributed by atoms with Crippen molar-refractivity contribution in [2.45, 2.75) is 13.5 Å². The van der Waals surface area contributed by atoms with Gasteiger partial charge >= 0.3 is 0 Å². The van der Waals surface area contributed by atoms with Crippen LogP contribution in [0.15, 0.2) is 89.6 Å². The molecule has 12 heteroatoms. The molecule has 0 aliphatic heterocycles. The second kappa shape index (κ2) is 11.7. The zero-order chi connectivity index (χ0) is 30.9. The number of fused-ring (bicyclic) bond motifs is 2. The number of nitrogens with one attached hydrogen (secondary N) is 1. The fourth-order valence-corrected chi connectivity index (χ4v) is 5.54. The number of methoxy groups -OCH3 is 2. The Bertz CT molecular complexity index is 2140. The monoisotopic (exact) mass is 618 g/mol. The van der Waals surface area contributed by atoms with Crippen molar-refractivity contribution in [2.75, 3.05) is 19.5 Å². The highest BCUT2D eigenvalue weighted by Gasteiger charge is 2.18. The summed E-state index contributed by atoms with van der Waals surface area (Å²) in [6, 6.07) is 22.6. The zero-order valence-electron chi connectivity index (χ0n) is 24.5. The van der Waals surface area contributed by atoms with Gasteiger partial charge in [-0.1, -0.05) is 42.5 Å². The molecule has 0 bridgehead atoms. The van der Waals surface area contributed by atoms with Gasteiger partial charge in [0.1, 0.15) is 29.4 Å². The van der Waals surface area contributed by atoms with E-state index in [0.29, 0.717) is 61.5 Å². The summed E-state index contributed by atoms with van der Waals surface area (Å²) >= 11 is 1.34. The molecule has 0 aliphatic carbocycles. The van der Waals surface area contributed by atoms with Crippen LogP contribution in [0.2, 0.25) is 0 Å². The third-order valence-electron chi connectivity index (χ3n) is 7.10. The normalized spacial score (nSPS) is 11.2. The smallest absolute Gasteiger partial charge is 0.294 e. The molecule has 1 N–H and O–H groups in total. The number of benzene rings is 3. The molecule has 7 aromatic rings. The molecule has 4 aromatic heterocycles. The van der Waals surface area contributed by atoms with Crippen molar-refractivity contribution >= 4 is 38.9 Å². The number of aryl methyl sites for hydroxylation is 1. The Hall–Kier alpha value is -5.75. The standard InChI is InChI=1S/C33H26N6O5S/c1-19-25(16-34-30(35-19)21-9-5-4-6-10-21)31(40)36-22-11-7-8-20(12-22)18-43-27-13-23(41-2)14-28-24(27)15-29(44-28)26-17-39-32(37-26)45-33(38-39)42-3/h4-17H,18H2,1-3H3,(H,36,40). The third-order valence-corrected chi connectivity index (χ3v) is 7.98. The van der Waals surface area contributed by atoms with Crippen molar-refractivity contribution in [3.63, 3.8) is 0 Å². The first kappa shape index (κ1) is 28.0. The number of ether oxygens (including phenoxy) is 3. The van der Waals surface area contributed by atoms with Crippen LogP contribution in [-0.2, 0) is 6.61 Å². The largest absolute Gasteiger partial charge is 0.496 e. The maximum atomic E-state index is 13.1. The van der Waals surface area contributed by atoms with Gasteiger partial charge in [0.25, 0.3) is 11.1 Å². The summed E-state index contributed by atoms with van der Waals surface area (Å²) in [6.07, 6.45) is 3.34. The summed E-state index contributed by atoms with van der Waals surface area (Å²) in [5.41, 5.74) is 4.59. The number of furan rings is 1. The van der Waals surface area contributed by atoms with Gasteiger partial charge in [-0.05, 0) is 42.0 Å². The Morgan fingerprint density at radius 2 is 1.87 bits per heavy atom. The van der Waals surface area contributed by atoms with Gasteiger partial charge in [-0.25, -0.2) is 19.5 Å². The van der Waals surface area contributed by atoms with E-state index in [4.69, 9.17) is 18.6 Å². The van der Waals surface area contributed by atoms with Crippen molar-refractivity contribution in [3.8, 4) is 39.5 Å². The van der Waals surface area contributed by atoms with E-state index in [1.807, 2.05) is 66.7 Å². The van der Waals surface area contributed by atoms with Gasteiger partial charge in [-0.2, -0.15) is 0 Å². The van der Waals surface area contributed by atoms with Crippen LogP contribution in [0.1, 0.15) is 21.6 Å². The molecule has 0 unspecified atom stereocenters. The van der Waals surface area contributed by atoms with E-state index < -0.39 is 0 Å². The van der Waals surface area contributed by atoms with Crippen LogP contribution in [0.4, 0.5) is 5.69 Å². The van der Waals surface area contributed by atoms with E-state index in [2.05, 4.69) is 25.4 Å². The van der Waals surface area contributed by atoms with Gasteiger partial charge in [0.2, 0.25) is 4.96 Å². The molecule has 3 aromatic carbocycles. The van der Waals surface area contributed by atoms with E-state index in [1.54, 1.807) is 44.1 Å². The summed E-state index contributed by atoms with van der Waals surface area (Å²) in [6.45, 7) is 2.04. The number of imidazole rings is 1. The Morgan fingerprint density at radius 3 is 2.64 bits per heavy atom. The van der Waals surface area contributed by atoms with Crippen molar-refractivity contribution in [2.24, 2.45) is 0 Å². The summed E-state index contributed by atoms with van der Waals surface area (Å²) in [5.74, 6) is 2.02. The Kier molecular flexibility index (Phi) is 7.31. The molecule has 0 fully saturated rings. The third kappa shape index (κ3) is 5.66. The van der Waals surface area contributed by atoms with Crippen molar-refractivity contribution in [1.29, 1.82) is 0 Å². The Balaban J connectivity index is 1.08. The fourth-order valence-electron chi connectivity index (χ4n) is 4.84. The lowest BCUT2D eigenvalue weighted by Gasteiger charge is -2.11. The predicted molar refractivity (Wildman–Crippen MR) is 170 cm³/mol. The number of anilines is 1. The lowest BCUT2D eigenvalue weighted by atomic mass is 10.1. The van der Waals surface area contributed by atoms with Crippen molar-refractivity contribution in [1.82, 2.24) is 24.6 Å². The van der Waals surface area contributed by atoms with Crippen LogP contribution in [0, 0.1) is 6.92 Å². The molecule has 0 aliphatic rings. The highest BCUT2D eigenvalue weighted by Crippen LogP contribution is 2.37. The molecule has 224 valence electrons. The van der Waals surface area contributed by atoms with Crippen LogP contribution in [0.25, 0.3) is 38.8 Å². The Labute approximate surface area is 261 Å². The molecule has 0 saturated carbocycles. The maximum absolute atomic E-state index is 13.1. The van der Waals surface area contributed by atoms with Gasteiger partial charge in [0, 0.05) is 29.6 Å². The van der Waals surface area contributed by atoms with E-state index in [9.17, 15) is 4.79 Å². The molecule has 0 spiro atoms. The van der Waals surface area contributed by atoms with E-state index in [-0.39, 0.29) is 12.5 Å². The van der Waals surface area contributed by atoms with Crippen LogP contribution >= 0.6 is 11.3 Å². The average Bonchev–Trinajstić information content (AvgIpc) is 3.77. The molecule has 4 heterocycles. The number of rotatable bonds is 9. The second-order valence-electron chi connectivity index (χ2n) is 10.1. The number of hydrogen-bond donors (Lipinski definition) is 1. The van der Waals surface area contributed by atoms with Crippen molar-refractivity contribution in [3.05, 3.63) is 102 Å². The lowest BCUT2D eigenvalue weighted by molar-refractivity contribution is 0.102. The first-order valence-electron chi connectivity index (χ1n) is 13.9. The summed E-state index contributed by atoms with van der Waals surface area (Å²) < 4.78 is 24.8. The number of amides is 1. The van der Waals surface area contributed by atoms with Gasteiger partial charge in [0.15, 0.2) is 11.6 Å². The highest BCUT2D eigenvalue weighted by molar-refractivity contribution is 7.18. The molecule has 7 rings (SSSR count). The van der Waals surface area contributed by atoms with E-state index in [0.717, 1.165) is 16.5 Å². The topological polar surface area (TPSA) is 126 Å². The molecule has 45 heavy (non-hydrogen) atoms. The molecule has 1 amide bonds. The first-order chi connectivity index (χ1) is 22.0. The van der Waals surface area contributed by atoms with Crippen LogP contribution < -0.4 is 19.5 Å². The zero-order valence-corrected chi connectivity index (χ0v) is 25.3. The first-order valence-corrected chi connectivity index (χ1v) is 14.7. The Morgan fingerprint density at radius 1 is 1.00 bits per heavy atom. The van der Waals surface area contributed by atoms with E-state index >= 15 is 0 Å². The van der Waals surface area contributed by atoms with Crippen molar-refractivity contribution < 1.29 is 23.4 Å². The minimum Gasteiger partial charge on any atom is -0.496 e.